The Bertz CT molecular complexity index is 715. The number of likely N-dealkylation sites (tertiary alicyclic amines) is 1. The summed E-state index contributed by atoms with van der Waals surface area (Å²) in [6.07, 6.45) is 6.60. The lowest BCUT2D eigenvalue weighted by Gasteiger charge is -2.40. The summed E-state index contributed by atoms with van der Waals surface area (Å²) in [7, 11) is 1.57. The standard InChI is InChI=1S/C16H21N5O2/c1-23-9-14(22)20-7-2-3-12-13(20)5-8-21(12)16-11-4-6-17-15(11)18-10-19-16/h4,6,10,12-13H,2-3,5,7-9H2,1H3,(H,17,18,19)/t12-,13-/m1/s1. The van der Waals surface area contributed by atoms with Gasteiger partial charge in [-0.25, -0.2) is 9.97 Å². The minimum atomic E-state index is 0.0959. The molecule has 0 aliphatic carbocycles. The fraction of sp³-hybridized carbons (Fsp3) is 0.562. The first kappa shape index (κ1) is 14.4. The van der Waals surface area contributed by atoms with E-state index in [1.54, 1.807) is 13.4 Å². The van der Waals surface area contributed by atoms with Gasteiger partial charge in [0.25, 0.3) is 0 Å². The normalized spacial score (nSPS) is 24.2. The van der Waals surface area contributed by atoms with Gasteiger partial charge in [0.2, 0.25) is 5.91 Å². The van der Waals surface area contributed by atoms with E-state index in [-0.39, 0.29) is 18.6 Å². The predicted molar refractivity (Wildman–Crippen MR) is 86.3 cm³/mol. The maximum absolute atomic E-state index is 12.3. The molecule has 0 spiro atoms. The summed E-state index contributed by atoms with van der Waals surface area (Å²) in [5.74, 6) is 1.07. The van der Waals surface area contributed by atoms with E-state index in [0.29, 0.717) is 6.04 Å². The van der Waals surface area contributed by atoms with Gasteiger partial charge in [-0.2, -0.15) is 0 Å². The van der Waals surface area contributed by atoms with Crippen LogP contribution in [0, 0.1) is 0 Å². The summed E-state index contributed by atoms with van der Waals surface area (Å²) in [5.41, 5.74) is 0.863. The van der Waals surface area contributed by atoms with Gasteiger partial charge >= 0.3 is 0 Å². The Balaban J connectivity index is 1.63. The SMILES string of the molecule is COCC(=O)N1CCC[C@@H]2[C@H]1CCN2c1ncnc2[nH]ccc12. The number of nitrogens with one attached hydrogen (secondary N) is 1. The van der Waals surface area contributed by atoms with E-state index in [1.807, 2.05) is 17.2 Å². The van der Waals surface area contributed by atoms with Crippen molar-refractivity contribution in [3.8, 4) is 0 Å². The summed E-state index contributed by atoms with van der Waals surface area (Å²) in [6, 6.07) is 2.61. The van der Waals surface area contributed by atoms with Gasteiger partial charge in [-0.15, -0.1) is 0 Å². The number of aromatic amines is 1. The van der Waals surface area contributed by atoms with E-state index in [0.717, 1.165) is 49.2 Å². The van der Waals surface area contributed by atoms with E-state index < -0.39 is 0 Å². The van der Waals surface area contributed by atoms with Crippen molar-refractivity contribution in [3.05, 3.63) is 18.6 Å². The molecule has 122 valence electrons. The number of methoxy groups -OCH3 is 1. The Hall–Kier alpha value is -2.15. The first-order valence-corrected chi connectivity index (χ1v) is 8.12. The van der Waals surface area contributed by atoms with Crippen molar-refractivity contribution in [1.82, 2.24) is 19.9 Å². The van der Waals surface area contributed by atoms with Crippen LogP contribution in [0.5, 0.6) is 0 Å². The van der Waals surface area contributed by atoms with Gasteiger partial charge < -0.3 is 19.5 Å². The molecule has 2 aliphatic heterocycles. The first-order valence-electron chi connectivity index (χ1n) is 8.12. The van der Waals surface area contributed by atoms with Gasteiger partial charge in [0.15, 0.2) is 0 Å². The first-order chi connectivity index (χ1) is 11.3. The summed E-state index contributed by atoms with van der Waals surface area (Å²) in [4.78, 5) is 28.6. The van der Waals surface area contributed by atoms with Crippen LogP contribution >= 0.6 is 0 Å². The second-order valence-corrected chi connectivity index (χ2v) is 6.22. The highest BCUT2D eigenvalue weighted by molar-refractivity contribution is 5.87. The lowest BCUT2D eigenvalue weighted by atomic mass is 9.96. The molecule has 2 fully saturated rings. The number of amides is 1. The summed E-state index contributed by atoms with van der Waals surface area (Å²) < 4.78 is 5.03. The van der Waals surface area contributed by atoms with Gasteiger partial charge in [0.1, 0.15) is 24.4 Å². The number of carbonyl (C=O) groups excluding carboxylic acids is 1. The van der Waals surface area contributed by atoms with E-state index in [4.69, 9.17) is 4.74 Å². The quantitative estimate of drug-likeness (QED) is 0.920. The van der Waals surface area contributed by atoms with E-state index >= 15 is 0 Å². The molecule has 2 aromatic heterocycles. The molecule has 7 heteroatoms. The third kappa shape index (κ3) is 2.35. The van der Waals surface area contributed by atoms with Crippen molar-refractivity contribution in [2.75, 3.05) is 31.7 Å². The second-order valence-electron chi connectivity index (χ2n) is 6.22. The van der Waals surface area contributed by atoms with Crippen LogP contribution in [0.4, 0.5) is 5.82 Å². The van der Waals surface area contributed by atoms with Crippen LogP contribution < -0.4 is 4.90 Å². The van der Waals surface area contributed by atoms with Crippen molar-refractivity contribution < 1.29 is 9.53 Å². The smallest absolute Gasteiger partial charge is 0.248 e. The number of hydrogen-bond donors (Lipinski definition) is 1. The Morgan fingerprint density at radius 2 is 2.26 bits per heavy atom. The molecule has 2 saturated heterocycles. The molecule has 2 aliphatic rings. The average molecular weight is 315 g/mol. The van der Waals surface area contributed by atoms with Gasteiger partial charge in [-0.3, -0.25) is 4.79 Å². The number of hydrogen-bond acceptors (Lipinski definition) is 5. The van der Waals surface area contributed by atoms with E-state index in [9.17, 15) is 4.79 Å². The van der Waals surface area contributed by atoms with Crippen LogP contribution in [0.25, 0.3) is 11.0 Å². The van der Waals surface area contributed by atoms with Crippen LogP contribution in [0.2, 0.25) is 0 Å². The Morgan fingerprint density at radius 1 is 1.35 bits per heavy atom. The van der Waals surface area contributed by atoms with Crippen molar-refractivity contribution in [1.29, 1.82) is 0 Å². The molecular formula is C16H21N5O2. The molecule has 4 rings (SSSR count). The highest BCUT2D eigenvalue weighted by Crippen LogP contribution is 2.35. The molecule has 0 saturated carbocycles. The highest BCUT2D eigenvalue weighted by atomic mass is 16.5. The van der Waals surface area contributed by atoms with E-state index in [1.165, 1.54) is 0 Å². The van der Waals surface area contributed by atoms with Gasteiger partial charge in [-0.05, 0) is 25.3 Å². The molecule has 23 heavy (non-hydrogen) atoms. The Morgan fingerprint density at radius 3 is 3.13 bits per heavy atom. The number of H-pyrrole nitrogens is 1. The maximum Gasteiger partial charge on any atom is 0.248 e. The van der Waals surface area contributed by atoms with E-state index in [2.05, 4.69) is 19.9 Å². The number of ether oxygens (including phenoxy) is 1. The van der Waals surface area contributed by atoms with Gasteiger partial charge in [-0.1, -0.05) is 0 Å². The van der Waals surface area contributed by atoms with Crippen molar-refractivity contribution in [2.45, 2.75) is 31.3 Å². The summed E-state index contributed by atoms with van der Waals surface area (Å²) >= 11 is 0. The number of carbonyl (C=O) groups is 1. The minimum Gasteiger partial charge on any atom is -0.375 e. The zero-order chi connectivity index (χ0) is 15.8. The largest absolute Gasteiger partial charge is 0.375 e. The van der Waals surface area contributed by atoms with Crippen LogP contribution in [0.3, 0.4) is 0 Å². The number of rotatable bonds is 3. The third-order valence-corrected chi connectivity index (χ3v) is 5.00. The molecule has 7 nitrogen and oxygen atoms in total. The number of piperidine rings is 1. The van der Waals surface area contributed by atoms with Crippen LogP contribution in [-0.2, 0) is 9.53 Å². The molecule has 1 N–H and O–H groups in total. The molecule has 1 amide bonds. The molecule has 2 aromatic rings. The molecule has 4 heterocycles. The minimum absolute atomic E-state index is 0.0959. The fourth-order valence-corrected chi connectivity index (χ4v) is 4.05. The Labute approximate surface area is 134 Å². The zero-order valence-electron chi connectivity index (χ0n) is 13.2. The predicted octanol–water partition coefficient (Wildman–Crippen LogP) is 1.17. The summed E-state index contributed by atoms with van der Waals surface area (Å²) in [5, 5.41) is 1.05. The molecule has 0 aromatic carbocycles. The van der Waals surface area contributed by atoms with Crippen molar-refractivity contribution in [2.24, 2.45) is 0 Å². The van der Waals surface area contributed by atoms with Crippen molar-refractivity contribution >= 4 is 22.8 Å². The van der Waals surface area contributed by atoms with Crippen molar-refractivity contribution in [3.63, 3.8) is 0 Å². The number of nitrogens with zero attached hydrogens (tertiary/aromatic N) is 4. The third-order valence-electron chi connectivity index (χ3n) is 5.00. The van der Waals surface area contributed by atoms with Crippen LogP contribution in [0.15, 0.2) is 18.6 Å². The molecule has 2 atom stereocenters. The lowest BCUT2D eigenvalue weighted by Crippen LogP contribution is -2.53. The summed E-state index contributed by atoms with van der Waals surface area (Å²) in [6.45, 7) is 1.92. The lowest BCUT2D eigenvalue weighted by molar-refractivity contribution is -0.138. The molecule has 0 bridgehead atoms. The molecular weight excluding hydrogens is 294 g/mol. The topological polar surface area (TPSA) is 74.3 Å². The molecule has 0 unspecified atom stereocenters. The highest BCUT2D eigenvalue weighted by Gasteiger charge is 2.42. The maximum atomic E-state index is 12.3. The number of fused-ring (bicyclic) bond motifs is 2. The molecule has 0 radical (unpaired) electrons. The van der Waals surface area contributed by atoms with Gasteiger partial charge in [0.05, 0.1) is 17.5 Å². The monoisotopic (exact) mass is 315 g/mol. The van der Waals surface area contributed by atoms with Crippen LogP contribution in [0.1, 0.15) is 19.3 Å². The Kier molecular flexibility index (Phi) is 3.65. The van der Waals surface area contributed by atoms with Crippen LogP contribution in [-0.4, -0.2) is 64.6 Å². The number of aromatic nitrogens is 3. The fourth-order valence-electron chi connectivity index (χ4n) is 4.05. The number of anilines is 1. The second kappa shape index (κ2) is 5.81. The average Bonchev–Trinajstić information content (AvgIpc) is 3.21. The van der Waals surface area contributed by atoms with Gasteiger partial charge in [0, 0.05) is 26.4 Å². The zero-order valence-corrected chi connectivity index (χ0v) is 13.2.